The lowest BCUT2D eigenvalue weighted by Crippen LogP contribution is -2.29. The van der Waals surface area contributed by atoms with E-state index in [9.17, 15) is 9.59 Å². The van der Waals surface area contributed by atoms with Gasteiger partial charge in [0.1, 0.15) is 5.69 Å². The number of aromatic nitrogens is 1. The number of carbonyl (C=O) groups is 2. The van der Waals surface area contributed by atoms with Crippen molar-refractivity contribution < 1.29 is 14.7 Å². The van der Waals surface area contributed by atoms with Crippen LogP contribution in [0.5, 0.6) is 0 Å². The Morgan fingerprint density at radius 3 is 2.33 bits per heavy atom. The van der Waals surface area contributed by atoms with E-state index in [1.807, 2.05) is 0 Å². The second-order valence-corrected chi connectivity index (χ2v) is 5.65. The summed E-state index contributed by atoms with van der Waals surface area (Å²) in [6, 6.07) is 0.187. The van der Waals surface area contributed by atoms with Crippen LogP contribution in [0.4, 0.5) is 0 Å². The molecule has 0 spiro atoms. The van der Waals surface area contributed by atoms with Crippen LogP contribution in [0.2, 0.25) is 0 Å². The number of amides is 1. The molecule has 1 heterocycles. The van der Waals surface area contributed by atoms with Gasteiger partial charge in [0.2, 0.25) is 0 Å². The first-order valence-corrected chi connectivity index (χ1v) is 5.97. The molecule has 1 amide bonds. The molecule has 5 nitrogen and oxygen atoms in total. The highest BCUT2D eigenvalue weighted by molar-refractivity contribution is 6.01. The van der Waals surface area contributed by atoms with E-state index in [1.165, 1.54) is 0 Å². The van der Waals surface area contributed by atoms with Crippen LogP contribution in [0.15, 0.2) is 0 Å². The normalized spacial score (nSPS) is 20.6. The van der Waals surface area contributed by atoms with Gasteiger partial charge in [-0.05, 0) is 31.2 Å². The van der Waals surface area contributed by atoms with Crippen molar-refractivity contribution in [1.82, 2.24) is 10.3 Å². The minimum atomic E-state index is -1.04. The highest BCUT2D eigenvalue weighted by Crippen LogP contribution is 2.44. The Balaban J connectivity index is 2.23. The quantitative estimate of drug-likeness (QED) is 0.765. The van der Waals surface area contributed by atoms with Gasteiger partial charge in [0, 0.05) is 11.7 Å². The van der Waals surface area contributed by atoms with E-state index in [2.05, 4.69) is 24.1 Å². The van der Waals surface area contributed by atoms with Crippen molar-refractivity contribution in [3.05, 3.63) is 22.5 Å². The van der Waals surface area contributed by atoms with Gasteiger partial charge in [0.25, 0.3) is 5.91 Å². The smallest absolute Gasteiger partial charge is 0.352 e. The van der Waals surface area contributed by atoms with Crippen LogP contribution in [0.3, 0.4) is 0 Å². The third kappa shape index (κ3) is 2.00. The van der Waals surface area contributed by atoms with Crippen molar-refractivity contribution >= 4 is 11.9 Å². The van der Waals surface area contributed by atoms with Gasteiger partial charge in [-0.2, -0.15) is 0 Å². The Morgan fingerprint density at radius 2 is 1.94 bits per heavy atom. The van der Waals surface area contributed by atoms with E-state index >= 15 is 0 Å². The average Bonchev–Trinajstić information content (AvgIpc) is 2.67. The van der Waals surface area contributed by atoms with E-state index in [4.69, 9.17) is 5.11 Å². The third-order valence-electron chi connectivity index (χ3n) is 3.70. The summed E-state index contributed by atoms with van der Waals surface area (Å²) in [4.78, 5) is 25.9. The minimum Gasteiger partial charge on any atom is -0.477 e. The molecule has 0 aliphatic heterocycles. The molecule has 5 heteroatoms. The zero-order valence-electron chi connectivity index (χ0n) is 11.0. The molecule has 1 aliphatic carbocycles. The number of aromatic amines is 1. The molecule has 1 saturated carbocycles. The lowest BCUT2D eigenvalue weighted by Gasteiger charge is -2.07. The van der Waals surface area contributed by atoms with Crippen molar-refractivity contribution in [2.75, 3.05) is 0 Å². The second kappa shape index (κ2) is 3.86. The Bertz CT molecular complexity index is 529. The third-order valence-corrected chi connectivity index (χ3v) is 3.70. The average molecular weight is 250 g/mol. The summed E-state index contributed by atoms with van der Waals surface area (Å²) in [5.41, 5.74) is 1.79. The Hall–Kier alpha value is -1.78. The topological polar surface area (TPSA) is 82.2 Å². The number of carboxylic acid groups (broad SMARTS) is 1. The molecule has 98 valence electrons. The van der Waals surface area contributed by atoms with Crippen LogP contribution in [0, 0.1) is 19.3 Å². The molecule has 0 aromatic carbocycles. The van der Waals surface area contributed by atoms with Crippen LogP contribution in [-0.2, 0) is 0 Å². The summed E-state index contributed by atoms with van der Waals surface area (Å²) in [6.45, 7) is 7.56. The van der Waals surface area contributed by atoms with E-state index < -0.39 is 5.97 Å². The monoisotopic (exact) mass is 250 g/mol. The first-order chi connectivity index (χ1) is 8.24. The molecule has 1 aromatic heterocycles. The van der Waals surface area contributed by atoms with Crippen molar-refractivity contribution in [3.63, 3.8) is 0 Å². The molecule has 18 heavy (non-hydrogen) atoms. The van der Waals surface area contributed by atoms with Gasteiger partial charge in [0.05, 0.1) is 5.56 Å². The number of hydrogen-bond donors (Lipinski definition) is 3. The van der Waals surface area contributed by atoms with Gasteiger partial charge in [-0.15, -0.1) is 0 Å². The highest BCUT2D eigenvalue weighted by Gasteiger charge is 2.46. The predicted octanol–water partition coefficient (Wildman–Crippen LogP) is 1.86. The fourth-order valence-electron chi connectivity index (χ4n) is 2.25. The van der Waals surface area contributed by atoms with E-state index in [0.717, 1.165) is 6.42 Å². The zero-order valence-corrected chi connectivity index (χ0v) is 11.0. The molecule has 0 saturated heterocycles. The van der Waals surface area contributed by atoms with E-state index in [0.29, 0.717) is 16.8 Å². The van der Waals surface area contributed by atoms with Gasteiger partial charge in [-0.25, -0.2) is 4.79 Å². The van der Waals surface area contributed by atoms with Gasteiger partial charge in [-0.3, -0.25) is 4.79 Å². The number of carbonyl (C=O) groups excluding carboxylic acids is 1. The Labute approximate surface area is 106 Å². The molecule has 1 atom stereocenters. The predicted molar refractivity (Wildman–Crippen MR) is 66.9 cm³/mol. The zero-order chi connectivity index (χ0) is 13.7. The molecule has 3 N–H and O–H groups in total. The molecular formula is C13H18N2O3. The fraction of sp³-hybridized carbons (Fsp3) is 0.538. The maximum atomic E-state index is 12.1. The summed E-state index contributed by atoms with van der Waals surface area (Å²) >= 11 is 0. The van der Waals surface area contributed by atoms with Gasteiger partial charge in [0.15, 0.2) is 0 Å². The standard InChI is InChI=1S/C13H18N2O3/c1-6-9(7(2)14-10(6)12(17)18)11(16)15-8-5-13(8,3)4/h8,14H,5H2,1-4H3,(H,15,16)(H,17,18). The van der Waals surface area contributed by atoms with Gasteiger partial charge < -0.3 is 15.4 Å². The van der Waals surface area contributed by atoms with Crippen LogP contribution >= 0.6 is 0 Å². The number of carboxylic acids is 1. The molecule has 2 rings (SSSR count). The number of H-pyrrole nitrogens is 1. The maximum absolute atomic E-state index is 12.1. The van der Waals surface area contributed by atoms with E-state index in [-0.39, 0.29) is 23.1 Å². The summed E-state index contributed by atoms with van der Waals surface area (Å²) in [5.74, 6) is -1.23. The van der Waals surface area contributed by atoms with Crippen molar-refractivity contribution in [2.24, 2.45) is 5.41 Å². The number of hydrogen-bond acceptors (Lipinski definition) is 2. The lowest BCUT2D eigenvalue weighted by molar-refractivity contribution is 0.0690. The molecule has 1 aliphatic rings. The molecule has 1 fully saturated rings. The highest BCUT2D eigenvalue weighted by atomic mass is 16.4. The Kier molecular flexibility index (Phi) is 2.72. The number of nitrogens with one attached hydrogen (secondary N) is 2. The van der Waals surface area contributed by atoms with Crippen LogP contribution in [0.25, 0.3) is 0 Å². The molecular weight excluding hydrogens is 232 g/mol. The molecule has 0 radical (unpaired) electrons. The Morgan fingerprint density at radius 1 is 1.39 bits per heavy atom. The van der Waals surface area contributed by atoms with Gasteiger partial charge >= 0.3 is 5.97 Å². The summed E-state index contributed by atoms with van der Waals surface area (Å²) in [5, 5.41) is 11.9. The lowest BCUT2D eigenvalue weighted by atomic mass is 10.1. The SMILES string of the molecule is Cc1[nH]c(C(=O)O)c(C)c1C(=O)NC1CC1(C)C. The molecule has 1 aromatic rings. The maximum Gasteiger partial charge on any atom is 0.352 e. The summed E-state index contributed by atoms with van der Waals surface area (Å²) in [6.07, 6.45) is 0.965. The van der Waals surface area contributed by atoms with Crippen LogP contribution in [-0.4, -0.2) is 28.0 Å². The van der Waals surface area contributed by atoms with Crippen LogP contribution < -0.4 is 5.32 Å². The first kappa shape index (κ1) is 12.7. The summed E-state index contributed by atoms with van der Waals surface area (Å²) in [7, 11) is 0. The first-order valence-electron chi connectivity index (χ1n) is 5.97. The largest absolute Gasteiger partial charge is 0.477 e. The molecule has 1 unspecified atom stereocenters. The van der Waals surface area contributed by atoms with Gasteiger partial charge in [-0.1, -0.05) is 13.8 Å². The van der Waals surface area contributed by atoms with E-state index in [1.54, 1.807) is 13.8 Å². The number of aryl methyl sites for hydroxylation is 1. The van der Waals surface area contributed by atoms with Crippen molar-refractivity contribution in [1.29, 1.82) is 0 Å². The molecule has 0 bridgehead atoms. The minimum absolute atomic E-state index is 0.0905. The van der Waals surface area contributed by atoms with Crippen LogP contribution in [0.1, 0.15) is 52.4 Å². The van der Waals surface area contributed by atoms with Crippen molar-refractivity contribution in [3.8, 4) is 0 Å². The van der Waals surface area contributed by atoms with Crippen molar-refractivity contribution in [2.45, 2.75) is 40.2 Å². The fourth-order valence-corrected chi connectivity index (χ4v) is 2.25. The number of rotatable bonds is 3. The summed E-state index contributed by atoms with van der Waals surface area (Å²) < 4.78 is 0. The number of aromatic carboxylic acids is 1. The second-order valence-electron chi connectivity index (χ2n) is 5.65.